The number of para-hydroxylation sites is 1. The molecule has 0 spiro atoms. The lowest BCUT2D eigenvalue weighted by Crippen LogP contribution is -1.73. The molecule has 0 radical (unpaired) electrons. The predicted octanol–water partition coefficient (Wildman–Crippen LogP) is 0.226. The number of pyridine rings is 1. The van der Waals surface area contributed by atoms with Gasteiger partial charge in [-0.1, -0.05) is 24.3 Å². The summed E-state index contributed by atoms with van der Waals surface area (Å²) in [5, 5.41) is 1.20. The number of hydrogen-bond acceptors (Lipinski definition) is 1. The topological polar surface area (TPSA) is 44.4 Å². The average molecular weight is 177 g/mol. The molecule has 1 aromatic heterocycles. The zero-order valence-electron chi connectivity index (χ0n) is 5.99. The minimum Gasteiger partial charge on any atom is -0.412 e. The van der Waals surface area contributed by atoms with E-state index in [-0.39, 0.29) is 22.8 Å². The van der Waals surface area contributed by atoms with E-state index in [2.05, 4.69) is 17.1 Å². The zero-order chi connectivity index (χ0) is 6.81. The zero-order valence-corrected chi connectivity index (χ0v) is 5.99. The second-order valence-corrected chi connectivity index (χ2v) is 2.20. The molecule has 0 aliphatic rings. The van der Waals surface area contributed by atoms with Crippen LogP contribution in [0.3, 0.4) is 0 Å². The lowest BCUT2D eigenvalue weighted by atomic mass is 10.2. The summed E-state index contributed by atoms with van der Waals surface area (Å²) in [5.41, 5.74) is 1.06. The second kappa shape index (κ2) is 4.89. The standard InChI is InChI=1S/C9H7N.Al.H2O.3H/c1-2-6-9-8(4-1)5-3-7-10-9;;;;;/h1-7H;;1H2;;;. The average Bonchev–Trinajstić information content (AvgIpc) is 2.05. The minimum atomic E-state index is 0. The molecule has 0 atom stereocenters. The Bertz CT molecular complexity index is 286. The molecule has 0 amide bonds. The molecular formula is C9H12AlNO. The summed E-state index contributed by atoms with van der Waals surface area (Å²) in [7, 11) is 0. The van der Waals surface area contributed by atoms with Crippen LogP contribution < -0.4 is 0 Å². The summed E-state index contributed by atoms with van der Waals surface area (Å²) in [6.45, 7) is 0. The van der Waals surface area contributed by atoms with Gasteiger partial charge in [0.15, 0.2) is 17.4 Å². The maximum Gasteiger partial charge on any atom is 0.187 e. The van der Waals surface area contributed by atoms with Crippen LogP contribution in [0.5, 0.6) is 0 Å². The highest BCUT2D eigenvalue weighted by atomic mass is 27.0. The van der Waals surface area contributed by atoms with Crippen LogP contribution in [0.1, 0.15) is 0 Å². The van der Waals surface area contributed by atoms with Crippen LogP contribution in [0.15, 0.2) is 42.6 Å². The fourth-order valence-electron chi connectivity index (χ4n) is 1.02. The summed E-state index contributed by atoms with van der Waals surface area (Å²) in [6.07, 6.45) is 1.81. The third kappa shape index (κ3) is 2.05. The second-order valence-electron chi connectivity index (χ2n) is 2.20. The van der Waals surface area contributed by atoms with Gasteiger partial charge in [-0.25, -0.2) is 0 Å². The highest BCUT2D eigenvalue weighted by Crippen LogP contribution is 2.07. The minimum absolute atomic E-state index is 0. The molecule has 12 heavy (non-hydrogen) atoms. The quantitative estimate of drug-likeness (QED) is 0.531. The molecule has 0 bridgehead atoms. The number of aromatic nitrogens is 1. The van der Waals surface area contributed by atoms with Crippen LogP contribution >= 0.6 is 0 Å². The smallest absolute Gasteiger partial charge is 0.187 e. The molecule has 2 N–H and O–H groups in total. The van der Waals surface area contributed by atoms with Crippen molar-refractivity contribution >= 4 is 28.3 Å². The van der Waals surface area contributed by atoms with Crippen molar-refractivity contribution < 1.29 is 5.48 Å². The molecule has 2 nitrogen and oxygen atoms in total. The van der Waals surface area contributed by atoms with Gasteiger partial charge in [0, 0.05) is 11.6 Å². The van der Waals surface area contributed by atoms with E-state index < -0.39 is 0 Å². The molecule has 1 heterocycles. The van der Waals surface area contributed by atoms with Gasteiger partial charge in [0.1, 0.15) is 0 Å². The van der Waals surface area contributed by atoms with Crippen molar-refractivity contribution in [3.8, 4) is 0 Å². The summed E-state index contributed by atoms with van der Waals surface area (Å²) in [6, 6.07) is 12.1. The highest BCUT2D eigenvalue weighted by molar-refractivity contribution is 5.77. The van der Waals surface area contributed by atoms with Crippen molar-refractivity contribution in [1.29, 1.82) is 0 Å². The van der Waals surface area contributed by atoms with E-state index in [1.165, 1.54) is 5.39 Å². The molecule has 0 aliphatic carbocycles. The van der Waals surface area contributed by atoms with E-state index in [9.17, 15) is 0 Å². The molecule has 0 fully saturated rings. The molecule has 3 heteroatoms. The third-order valence-corrected chi connectivity index (χ3v) is 1.51. The number of fused-ring (bicyclic) bond motifs is 1. The predicted molar refractivity (Wildman–Crippen MR) is 55.3 cm³/mol. The highest BCUT2D eigenvalue weighted by Gasteiger charge is 1.86. The van der Waals surface area contributed by atoms with Crippen LogP contribution in [0.4, 0.5) is 0 Å². The van der Waals surface area contributed by atoms with E-state index >= 15 is 0 Å². The Kier molecular flexibility index (Phi) is 4.53. The number of nitrogens with zero attached hydrogens (tertiary/aromatic N) is 1. The number of rotatable bonds is 0. The lowest BCUT2D eigenvalue weighted by Gasteiger charge is -1.91. The van der Waals surface area contributed by atoms with Crippen molar-refractivity contribution in [2.75, 3.05) is 0 Å². The van der Waals surface area contributed by atoms with Gasteiger partial charge < -0.3 is 5.48 Å². The summed E-state index contributed by atoms with van der Waals surface area (Å²) < 4.78 is 0. The SMILES string of the molecule is O.[AlH3].c1ccc2ncccc2c1. The van der Waals surface area contributed by atoms with Crippen molar-refractivity contribution in [2.45, 2.75) is 0 Å². The van der Waals surface area contributed by atoms with Crippen LogP contribution in [-0.2, 0) is 0 Å². The molecule has 0 aliphatic heterocycles. The van der Waals surface area contributed by atoms with Gasteiger partial charge in [-0.15, -0.1) is 0 Å². The van der Waals surface area contributed by atoms with Crippen molar-refractivity contribution in [1.82, 2.24) is 4.98 Å². The van der Waals surface area contributed by atoms with Gasteiger partial charge in [-0.3, -0.25) is 4.98 Å². The summed E-state index contributed by atoms with van der Waals surface area (Å²) in [5.74, 6) is 0. The molecule has 2 rings (SSSR count). The van der Waals surface area contributed by atoms with E-state index in [4.69, 9.17) is 0 Å². The van der Waals surface area contributed by atoms with Crippen molar-refractivity contribution in [2.24, 2.45) is 0 Å². The first kappa shape index (κ1) is 11.1. The number of benzene rings is 1. The van der Waals surface area contributed by atoms with Gasteiger partial charge in [-0.05, 0) is 12.1 Å². The fraction of sp³-hybridized carbons (Fsp3) is 0. The first-order valence-electron chi connectivity index (χ1n) is 3.26. The van der Waals surface area contributed by atoms with Gasteiger partial charge in [0.25, 0.3) is 0 Å². The largest absolute Gasteiger partial charge is 0.412 e. The Hall–Kier alpha value is -0.878. The van der Waals surface area contributed by atoms with E-state index in [0.717, 1.165) is 5.52 Å². The van der Waals surface area contributed by atoms with Gasteiger partial charge in [0.2, 0.25) is 0 Å². The first-order chi connectivity index (χ1) is 4.97. The Morgan fingerprint density at radius 1 is 0.917 bits per heavy atom. The van der Waals surface area contributed by atoms with Crippen LogP contribution in [0.2, 0.25) is 0 Å². The Morgan fingerprint density at radius 3 is 2.33 bits per heavy atom. The lowest BCUT2D eigenvalue weighted by molar-refractivity contribution is 0.824. The summed E-state index contributed by atoms with van der Waals surface area (Å²) in [4.78, 5) is 4.18. The third-order valence-electron chi connectivity index (χ3n) is 1.51. The maximum atomic E-state index is 4.18. The normalized spacial score (nSPS) is 8.33. The molecule has 0 unspecified atom stereocenters. The van der Waals surface area contributed by atoms with E-state index in [1.54, 1.807) is 0 Å². The monoisotopic (exact) mass is 177 g/mol. The van der Waals surface area contributed by atoms with Crippen molar-refractivity contribution in [3.05, 3.63) is 42.6 Å². The Balaban J connectivity index is 0.000000605. The molecule has 1 aromatic carbocycles. The number of hydrogen-bond donors (Lipinski definition) is 0. The van der Waals surface area contributed by atoms with E-state index in [0.29, 0.717) is 0 Å². The maximum absolute atomic E-state index is 4.18. The Morgan fingerprint density at radius 2 is 1.58 bits per heavy atom. The van der Waals surface area contributed by atoms with E-state index in [1.807, 2.05) is 30.5 Å². The molecule has 0 saturated carbocycles. The molecule has 2 aromatic rings. The summed E-state index contributed by atoms with van der Waals surface area (Å²) >= 11 is 0. The fourth-order valence-corrected chi connectivity index (χ4v) is 1.02. The van der Waals surface area contributed by atoms with Crippen LogP contribution in [0, 0.1) is 0 Å². The van der Waals surface area contributed by atoms with Gasteiger partial charge in [-0.2, -0.15) is 0 Å². The van der Waals surface area contributed by atoms with Crippen molar-refractivity contribution in [3.63, 3.8) is 0 Å². The molecule has 0 saturated heterocycles. The van der Waals surface area contributed by atoms with Crippen LogP contribution in [-0.4, -0.2) is 27.8 Å². The molecular weight excluding hydrogens is 165 g/mol. The molecule has 62 valence electrons. The van der Waals surface area contributed by atoms with Crippen LogP contribution in [0.25, 0.3) is 10.9 Å². The first-order valence-corrected chi connectivity index (χ1v) is 3.26. The Labute approximate surface area is 81.7 Å². The van der Waals surface area contributed by atoms with Gasteiger partial charge >= 0.3 is 0 Å². The van der Waals surface area contributed by atoms with Gasteiger partial charge in [0.05, 0.1) is 5.52 Å².